The number of benzene rings is 1. The maximum Gasteiger partial charge on any atom is 0.416 e. The first kappa shape index (κ1) is 14.3. The van der Waals surface area contributed by atoms with Crippen LogP contribution in [0.25, 0.3) is 0 Å². The van der Waals surface area contributed by atoms with Gasteiger partial charge in [-0.05, 0) is 42.9 Å². The minimum atomic E-state index is -4.30. The van der Waals surface area contributed by atoms with Crippen molar-refractivity contribution in [3.63, 3.8) is 0 Å². The van der Waals surface area contributed by atoms with Gasteiger partial charge in [0.15, 0.2) is 0 Å². The van der Waals surface area contributed by atoms with Crippen LogP contribution in [0.2, 0.25) is 0 Å². The summed E-state index contributed by atoms with van der Waals surface area (Å²) in [6.45, 7) is 1.70. The largest absolute Gasteiger partial charge is 0.416 e. The van der Waals surface area contributed by atoms with Crippen molar-refractivity contribution in [1.29, 1.82) is 0 Å². The van der Waals surface area contributed by atoms with Gasteiger partial charge >= 0.3 is 6.18 Å². The molecule has 1 aliphatic heterocycles. The monoisotopic (exact) mass is 273 g/mol. The molecule has 2 N–H and O–H groups in total. The van der Waals surface area contributed by atoms with Crippen LogP contribution in [0.3, 0.4) is 0 Å². The van der Waals surface area contributed by atoms with Crippen molar-refractivity contribution in [2.75, 3.05) is 19.8 Å². The van der Waals surface area contributed by atoms with E-state index < -0.39 is 11.7 Å². The summed E-state index contributed by atoms with van der Waals surface area (Å²) in [6.07, 6.45) is -2.58. The summed E-state index contributed by atoms with van der Waals surface area (Å²) >= 11 is 0. The first-order chi connectivity index (χ1) is 9.02. The number of nitrogens with two attached hydrogens (primary N) is 1. The molecule has 0 aromatic heterocycles. The fourth-order valence-electron chi connectivity index (χ4n) is 2.66. The Labute approximate surface area is 110 Å². The van der Waals surface area contributed by atoms with Gasteiger partial charge in [-0.25, -0.2) is 0 Å². The molecular weight excluding hydrogens is 255 g/mol. The second kappa shape index (κ2) is 5.92. The molecule has 2 rings (SSSR count). The highest BCUT2D eigenvalue weighted by Crippen LogP contribution is 2.35. The maximum atomic E-state index is 12.7. The van der Waals surface area contributed by atoms with E-state index in [4.69, 9.17) is 10.5 Å². The van der Waals surface area contributed by atoms with E-state index in [1.807, 2.05) is 0 Å². The summed E-state index contributed by atoms with van der Waals surface area (Å²) in [5, 5.41) is 0. The molecule has 1 saturated heterocycles. The number of hydrogen-bond donors (Lipinski definition) is 1. The second-order valence-corrected chi connectivity index (χ2v) is 4.92. The molecule has 1 atom stereocenters. The molecule has 0 radical (unpaired) electrons. The maximum absolute atomic E-state index is 12.7. The fraction of sp³-hybridized carbons (Fsp3) is 0.571. The molecule has 0 aliphatic carbocycles. The standard InChI is InChI=1S/C14H18F3NO/c15-14(16,17)12-3-1-2-11(8-12)13(9-18)10-4-6-19-7-5-10/h1-3,8,10,13H,4-7,9,18H2. The Kier molecular flexibility index (Phi) is 4.47. The van der Waals surface area contributed by atoms with Gasteiger partial charge in [0.05, 0.1) is 5.56 Å². The normalized spacial score (nSPS) is 19.4. The first-order valence-electron chi connectivity index (χ1n) is 6.47. The predicted octanol–water partition coefficient (Wildman–Crippen LogP) is 3.17. The molecule has 1 heterocycles. The highest BCUT2D eigenvalue weighted by molar-refractivity contribution is 5.29. The van der Waals surface area contributed by atoms with Crippen LogP contribution in [-0.2, 0) is 10.9 Å². The Bertz CT molecular complexity index is 413. The van der Waals surface area contributed by atoms with Gasteiger partial charge in [-0.15, -0.1) is 0 Å². The molecule has 1 aromatic carbocycles. The molecule has 0 spiro atoms. The molecule has 1 fully saturated rings. The van der Waals surface area contributed by atoms with E-state index in [0.29, 0.717) is 31.2 Å². The quantitative estimate of drug-likeness (QED) is 0.918. The topological polar surface area (TPSA) is 35.2 Å². The summed E-state index contributed by atoms with van der Waals surface area (Å²) < 4.78 is 43.5. The van der Waals surface area contributed by atoms with E-state index in [0.717, 1.165) is 18.9 Å². The zero-order chi connectivity index (χ0) is 13.9. The van der Waals surface area contributed by atoms with Crippen molar-refractivity contribution in [1.82, 2.24) is 0 Å². The summed E-state index contributed by atoms with van der Waals surface area (Å²) in [5.41, 5.74) is 5.86. The lowest BCUT2D eigenvalue weighted by atomic mass is 9.81. The molecule has 2 nitrogen and oxygen atoms in total. The average Bonchev–Trinajstić information content (AvgIpc) is 2.40. The van der Waals surface area contributed by atoms with E-state index in [2.05, 4.69) is 0 Å². The zero-order valence-corrected chi connectivity index (χ0v) is 10.6. The average molecular weight is 273 g/mol. The molecular formula is C14H18F3NO. The third kappa shape index (κ3) is 3.48. The van der Waals surface area contributed by atoms with Crippen LogP contribution in [0, 0.1) is 5.92 Å². The van der Waals surface area contributed by atoms with Crippen molar-refractivity contribution < 1.29 is 17.9 Å². The molecule has 0 bridgehead atoms. The Balaban J connectivity index is 2.22. The smallest absolute Gasteiger partial charge is 0.381 e. The van der Waals surface area contributed by atoms with Crippen LogP contribution >= 0.6 is 0 Å². The molecule has 1 aliphatic rings. The van der Waals surface area contributed by atoms with Crippen LogP contribution in [0.5, 0.6) is 0 Å². The fourth-order valence-corrected chi connectivity index (χ4v) is 2.66. The van der Waals surface area contributed by atoms with Gasteiger partial charge in [0, 0.05) is 13.2 Å². The number of hydrogen-bond acceptors (Lipinski definition) is 2. The summed E-state index contributed by atoms with van der Waals surface area (Å²) in [4.78, 5) is 0. The van der Waals surface area contributed by atoms with Crippen molar-refractivity contribution >= 4 is 0 Å². The van der Waals surface area contributed by atoms with Gasteiger partial charge in [0.25, 0.3) is 0 Å². The molecule has 1 unspecified atom stereocenters. The van der Waals surface area contributed by atoms with Gasteiger partial charge in [-0.3, -0.25) is 0 Å². The highest BCUT2D eigenvalue weighted by atomic mass is 19.4. The highest BCUT2D eigenvalue weighted by Gasteiger charge is 2.32. The summed E-state index contributed by atoms with van der Waals surface area (Å²) in [6, 6.07) is 5.52. The number of alkyl halides is 3. The molecule has 106 valence electrons. The predicted molar refractivity (Wildman–Crippen MR) is 66.8 cm³/mol. The van der Waals surface area contributed by atoms with Crippen molar-refractivity contribution in [2.45, 2.75) is 24.9 Å². The SMILES string of the molecule is NCC(c1cccc(C(F)(F)F)c1)C1CCOCC1. The summed E-state index contributed by atoms with van der Waals surface area (Å²) in [5.74, 6) is 0.286. The van der Waals surface area contributed by atoms with Crippen LogP contribution in [0.1, 0.15) is 29.9 Å². The van der Waals surface area contributed by atoms with E-state index in [1.165, 1.54) is 12.1 Å². The minimum Gasteiger partial charge on any atom is -0.381 e. The lowest BCUT2D eigenvalue weighted by Crippen LogP contribution is -2.27. The number of rotatable bonds is 3. The molecule has 0 saturated carbocycles. The first-order valence-corrected chi connectivity index (χ1v) is 6.47. The summed E-state index contributed by atoms with van der Waals surface area (Å²) in [7, 11) is 0. The second-order valence-electron chi connectivity index (χ2n) is 4.92. The van der Waals surface area contributed by atoms with E-state index in [-0.39, 0.29) is 5.92 Å². The Hall–Kier alpha value is -1.07. The van der Waals surface area contributed by atoms with Gasteiger partial charge < -0.3 is 10.5 Å². The Morgan fingerprint density at radius 1 is 1.26 bits per heavy atom. The lowest BCUT2D eigenvalue weighted by molar-refractivity contribution is -0.137. The molecule has 19 heavy (non-hydrogen) atoms. The molecule has 1 aromatic rings. The number of halogens is 3. The molecule has 0 amide bonds. The van der Waals surface area contributed by atoms with Gasteiger partial charge in [0.2, 0.25) is 0 Å². The zero-order valence-electron chi connectivity index (χ0n) is 10.6. The van der Waals surface area contributed by atoms with E-state index in [1.54, 1.807) is 6.07 Å². The lowest BCUT2D eigenvalue weighted by Gasteiger charge is -2.30. The third-order valence-corrected chi connectivity index (χ3v) is 3.73. The van der Waals surface area contributed by atoms with Crippen LogP contribution in [0.4, 0.5) is 13.2 Å². The Morgan fingerprint density at radius 3 is 2.53 bits per heavy atom. The molecule has 5 heteroatoms. The van der Waals surface area contributed by atoms with Crippen LogP contribution in [0.15, 0.2) is 24.3 Å². The van der Waals surface area contributed by atoms with Crippen LogP contribution < -0.4 is 5.73 Å². The van der Waals surface area contributed by atoms with E-state index >= 15 is 0 Å². The van der Waals surface area contributed by atoms with Gasteiger partial charge in [-0.1, -0.05) is 18.2 Å². The Morgan fingerprint density at radius 2 is 1.95 bits per heavy atom. The van der Waals surface area contributed by atoms with Crippen molar-refractivity contribution in [2.24, 2.45) is 11.7 Å². The van der Waals surface area contributed by atoms with Gasteiger partial charge in [-0.2, -0.15) is 13.2 Å². The minimum absolute atomic E-state index is 0.0220. The van der Waals surface area contributed by atoms with Crippen molar-refractivity contribution in [3.8, 4) is 0 Å². The van der Waals surface area contributed by atoms with Crippen molar-refractivity contribution in [3.05, 3.63) is 35.4 Å². The number of ether oxygens (including phenoxy) is 1. The van der Waals surface area contributed by atoms with Crippen LogP contribution in [-0.4, -0.2) is 19.8 Å². The van der Waals surface area contributed by atoms with Gasteiger partial charge in [0.1, 0.15) is 0 Å². The third-order valence-electron chi connectivity index (χ3n) is 3.73. The van der Waals surface area contributed by atoms with E-state index in [9.17, 15) is 13.2 Å².